The summed E-state index contributed by atoms with van der Waals surface area (Å²) in [6, 6.07) is 50.8. The van der Waals surface area contributed by atoms with E-state index in [0.29, 0.717) is 5.56 Å². The predicted octanol–water partition coefficient (Wildman–Crippen LogP) is 9.46. The van der Waals surface area contributed by atoms with E-state index in [2.05, 4.69) is 115 Å². The zero-order chi connectivity index (χ0) is 32.4. The van der Waals surface area contributed by atoms with Gasteiger partial charge in [0.1, 0.15) is 11.7 Å². The molecule has 48 heavy (non-hydrogen) atoms. The molecular weight excluding hydrogens is 587 g/mol. The molecular formula is C43H31N5. The summed E-state index contributed by atoms with van der Waals surface area (Å²) in [5, 5.41) is 15.6. The number of nitriles is 1. The standard InChI is InChI=1S/C43H31N5/c1-43(2)36-20-8-6-18-32(36)34-24-35-33-19-7-9-21-38(33)48(39(35)25-37(34)43)31-17-11-16-30(23-31)42-46-40(28-13-4-3-5-14-28)45-41(47-42)29-15-10-12-27(22-29)26-44/h3-25,41H,1-2H3,(H,45,46,47). The Morgan fingerprint density at radius 2 is 1.35 bits per heavy atom. The highest BCUT2D eigenvalue weighted by Gasteiger charge is 2.36. The van der Waals surface area contributed by atoms with Crippen LogP contribution in [0.3, 0.4) is 0 Å². The molecule has 0 spiro atoms. The third-order valence-electron chi connectivity index (χ3n) is 9.85. The minimum Gasteiger partial charge on any atom is -0.324 e. The van der Waals surface area contributed by atoms with Crippen LogP contribution in [0.15, 0.2) is 150 Å². The van der Waals surface area contributed by atoms with Gasteiger partial charge in [-0.05, 0) is 70.3 Å². The molecule has 228 valence electrons. The Kier molecular flexibility index (Phi) is 6.22. The molecule has 0 bridgehead atoms. The summed E-state index contributed by atoms with van der Waals surface area (Å²) in [4.78, 5) is 10.1. The summed E-state index contributed by atoms with van der Waals surface area (Å²) in [5.41, 5.74) is 12.1. The van der Waals surface area contributed by atoms with Gasteiger partial charge in [0.05, 0.1) is 22.7 Å². The Labute approximate surface area is 279 Å². The molecule has 2 aliphatic rings. The fourth-order valence-electron chi connectivity index (χ4n) is 7.49. The second kappa shape index (κ2) is 10.7. The Morgan fingerprint density at radius 1 is 0.625 bits per heavy atom. The number of nitrogens with zero attached hydrogens (tertiary/aromatic N) is 4. The van der Waals surface area contributed by atoms with E-state index < -0.39 is 6.17 Å². The van der Waals surface area contributed by atoms with Crippen molar-refractivity contribution in [3.63, 3.8) is 0 Å². The van der Waals surface area contributed by atoms with Crippen LogP contribution in [-0.2, 0) is 5.41 Å². The smallest absolute Gasteiger partial charge is 0.169 e. The third-order valence-corrected chi connectivity index (χ3v) is 9.85. The highest BCUT2D eigenvalue weighted by atomic mass is 15.2. The van der Waals surface area contributed by atoms with Crippen molar-refractivity contribution in [1.82, 2.24) is 9.88 Å². The van der Waals surface area contributed by atoms with Gasteiger partial charge in [0.25, 0.3) is 0 Å². The quantitative estimate of drug-likeness (QED) is 0.214. The summed E-state index contributed by atoms with van der Waals surface area (Å²) in [6.07, 6.45) is -0.492. The highest BCUT2D eigenvalue weighted by Crippen LogP contribution is 2.50. The second-order valence-corrected chi connectivity index (χ2v) is 13.0. The van der Waals surface area contributed by atoms with Crippen LogP contribution >= 0.6 is 0 Å². The molecule has 0 radical (unpaired) electrons. The minimum atomic E-state index is -0.492. The lowest BCUT2D eigenvalue weighted by Gasteiger charge is -2.23. The first-order valence-electron chi connectivity index (χ1n) is 16.3. The number of aromatic nitrogens is 1. The van der Waals surface area contributed by atoms with E-state index in [0.717, 1.165) is 39.6 Å². The van der Waals surface area contributed by atoms with Crippen molar-refractivity contribution in [2.24, 2.45) is 9.98 Å². The lowest BCUT2D eigenvalue weighted by Crippen LogP contribution is -2.36. The maximum atomic E-state index is 9.58. The lowest BCUT2D eigenvalue weighted by molar-refractivity contribution is 0.661. The maximum Gasteiger partial charge on any atom is 0.169 e. The normalized spacial score (nSPS) is 16.1. The first-order chi connectivity index (χ1) is 23.5. The Morgan fingerprint density at radius 3 is 2.21 bits per heavy atom. The monoisotopic (exact) mass is 617 g/mol. The topological polar surface area (TPSA) is 65.5 Å². The van der Waals surface area contributed by atoms with Crippen LogP contribution in [-0.4, -0.2) is 16.2 Å². The Bertz CT molecular complexity index is 2530. The van der Waals surface area contributed by atoms with Crippen LogP contribution in [0.25, 0.3) is 38.6 Å². The van der Waals surface area contributed by atoms with Crippen molar-refractivity contribution in [2.75, 3.05) is 0 Å². The molecule has 1 aliphatic carbocycles. The van der Waals surface area contributed by atoms with Crippen molar-refractivity contribution in [3.8, 4) is 22.9 Å². The van der Waals surface area contributed by atoms with Crippen molar-refractivity contribution < 1.29 is 0 Å². The molecule has 6 aromatic carbocycles. The Balaban J connectivity index is 1.21. The molecule has 0 saturated carbocycles. The molecule has 0 saturated heterocycles. The zero-order valence-electron chi connectivity index (χ0n) is 26.6. The van der Waals surface area contributed by atoms with Crippen molar-refractivity contribution in [1.29, 1.82) is 5.26 Å². The van der Waals surface area contributed by atoms with Gasteiger partial charge < -0.3 is 9.88 Å². The number of fused-ring (bicyclic) bond motifs is 6. The van der Waals surface area contributed by atoms with Crippen LogP contribution in [0.4, 0.5) is 0 Å². The number of nitrogens with one attached hydrogen (secondary N) is 1. The van der Waals surface area contributed by atoms with Gasteiger partial charge >= 0.3 is 0 Å². The van der Waals surface area contributed by atoms with E-state index in [1.54, 1.807) is 6.07 Å². The van der Waals surface area contributed by atoms with Crippen LogP contribution < -0.4 is 5.32 Å². The van der Waals surface area contributed by atoms with Gasteiger partial charge in [-0.25, -0.2) is 9.98 Å². The van der Waals surface area contributed by atoms with Gasteiger partial charge in [0, 0.05) is 33.0 Å². The van der Waals surface area contributed by atoms with E-state index in [-0.39, 0.29) is 5.41 Å². The summed E-state index contributed by atoms with van der Waals surface area (Å²) >= 11 is 0. The van der Waals surface area contributed by atoms with Gasteiger partial charge in [-0.3, -0.25) is 0 Å². The average Bonchev–Trinajstić information content (AvgIpc) is 3.59. The molecule has 1 unspecified atom stereocenters. The SMILES string of the molecule is CC1(C)c2ccccc2-c2cc3c4ccccc4n(-c4cccc(C5=NC(c6cccc(C#N)c6)N=C(c6ccccc6)N5)c4)c3cc21. The molecule has 1 aliphatic heterocycles. The van der Waals surface area contributed by atoms with E-state index in [4.69, 9.17) is 9.98 Å². The summed E-state index contributed by atoms with van der Waals surface area (Å²) < 4.78 is 2.39. The lowest BCUT2D eigenvalue weighted by atomic mass is 9.82. The third kappa shape index (κ3) is 4.30. The second-order valence-electron chi connectivity index (χ2n) is 13.0. The summed E-state index contributed by atoms with van der Waals surface area (Å²) in [6.45, 7) is 4.66. The molecule has 9 rings (SSSR count). The number of rotatable bonds is 4. The zero-order valence-corrected chi connectivity index (χ0v) is 26.6. The molecule has 7 aromatic rings. The molecule has 1 aromatic heterocycles. The molecule has 1 atom stereocenters. The van der Waals surface area contributed by atoms with Gasteiger partial charge in [-0.15, -0.1) is 0 Å². The van der Waals surface area contributed by atoms with Crippen LogP contribution in [0.2, 0.25) is 0 Å². The minimum absolute atomic E-state index is 0.102. The van der Waals surface area contributed by atoms with E-state index in [1.807, 2.05) is 48.5 Å². The molecule has 5 nitrogen and oxygen atoms in total. The molecule has 2 heterocycles. The molecule has 1 N–H and O–H groups in total. The van der Waals surface area contributed by atoms with Crippen molar-refractivity contribution in [3.05, 3.63) is 173 Å². The number of aliphatic imine (C=N–C) groups is 2. The number of hydrogen-bond donors (Lipinski definition) is 1. The van der Waals surface area contributed by atoms with E-state index in [1.165, 1.54) is 38.5 Å². The summed E-state index contributed by atoms with van der Waals surface area (Å²) in [7, 11) is 0. The Hall–Kier alpha value is -6.25. The van der Waals surface area contributed by atoms with Crippen molar-refractivity contribution >= 4 is 33.5 Å². The number of hydrogen-bond acceptors (Lipinski definition) is 4. The number of para-hydroxylation sites is 1. The average molecular weight is 618 g/mol. The van der Waals surface area contributed by atoms with E-state index in [9.17, 15) is 5.26 Å². The molecule has 5 heteroatoms. The maximum absolute atomic E-state index is 9.58. The van der Waals surface area contributed by atoms with Crippen LogP contribution in [0.5, 0.6) is 0 Å². The summed E-state index contributed by atoms with van der Waals surface area (Å²) in [5.74, 6) is 1.48. The van der Waals surface area contributed by atoms with Crippen LogP contribution in [0.1, 0.15) is 53.4 Å². The fraction of sp³-hybridized carbons (Fsp3) is 0.0930. The predicted molar refractivity (Wildman–Crippen MR) is 195 cm³/mol. The fourth-order valence-corrected chi connectivity index (χ4v) is 7.49. The van der Waals surface area contributed by atoms with Gasteiger partial charge in [0.2, 0.25) is 0 Å². The van der Waals surface area contributed by atoms with Gasteiger partial charge in [-0.1, -0.05) is 111 Å². The highest BCUT2D eigenvalue weighted by molar-refractivity contribution is 6.16. The molecule has 0 fully saturated rings. The van der Waals surface area contributed by atoms with Gasteiger partial charge in [-0.2, -0.15) is 5.26 Å². The van der Waals surface area contributed by atoms with E-state index >= 15 is 0 Å². The molecule has 0 amide bonds. The first-order valence-corrected chi connectivity index (χ1v) is 16.3. The first kappa shape index (κ1) is 28.0. The van der Waals surface area contributed by atoms with Crippen LogP contribution in [0, 0.1) is 11.3 Å². The van der Waals surface area contributed by atoms with Gasteiger partial charge in [0.15, 0.2) is 6.17 Å². The number of benzene rings is 6. The van der Waals surface area contributed by atoms with Crippen molar-refractivity contribution in [2.45, 2.75) is 25.4 Å². The largest absolute Gasteiger partial charge is 0.324 e. The number of amidine groups is 2.